The van der Waals surface area contributed by atoms with E-state index in [1.54, 1.807) is 30.8 Å². The molecule has 4 N–H and O–H groups in total. The monoisotopic (exact) mass is 480 g/mol. The van der Waals surface area contributed by atoms with Gasteiger partial charge >= 0.3 is 0 Å². The maximum atomic E-state index is 11.1. The molecule has 1 saturated heterocycles. The van der Waals surface area contributed by atoms with E-state index in [1.165, 1.54) is 36.0 Å². The van der Waals surface area contributed by atoms with Gasteiger partial charge in [0.15, 0.2) is 0 Å². The summed E-state index contributed by atoms with van der Waals surface area (Å²) in [6.45, 7) is 2.14. The molecule has 1 aliphatic heterocycles. The van der Waals surface area contributed by atoms with Crippen LogP contribution in [0.15, 0.2) is 24.5 Å². The molecule has 1 fully saturated rings. The highest BCUT2D eigenvalue weighted by Crippen LogP contribution is 2.40. The fourth-order valence-corrected chi connectivity index (χ4v) is 5.92. The molecule has 0 spiro atoms. The molecule has 0 amide bonds. The first-order valence-corrected chi connectivity index (χ1v) is 12.4. The van der Waals surface area contributed by atoms with Crippen molar-refractivity contribution >= 4 is 51.2 Å². The third-order valence-corrected chi connectivity index (χ3v) is 7.77. The molecule has 0 bridgehead atoms. The van der Waals surface area contributed by atoms with Gasteiger partial charge < -0.3 is 30.9 Å². The number of rotatable bonds is 6. The fourth-order valence-electron chi connectivity index (χ4n) is 4.64. The molecule has 2 aliphatic rings. The number of aromatic nitrogens is 2. The minimum absolute atomic E-state index is 0.108. The number of anilines is 3. The number of fused-ring (bicyclic) bond motifs is 3. The number of benzene rings is 1. The highest BCUT2D eigenvalue weighted by atomic mass is 32.1. The van der Waals surface area contributed by atoms with Crippen LogP contribution in [0.25, 0.3) is 10.2 Å². The van der Waals surface area contributed by atoms with Gasteiger partial charge in [0.1, 0.15) is 23.3 Å². The number of nitrogen functional groups attached to an aromatic ring is 1. The van der Waals surface area contributed by atoms with Gasteiger partial charge in [0.25, 0.3) is 0 Å². The molecular formula is C25H32N6O2S. The molecule has 2 unspecified atom stereocenters. The van der Waals surface area contributed by atoms with Gasteiger partial charge in [-0.2, -0.15) is 0 Å². The van der Waals surface area contributed by atoms with Crippen LogP contribution >= 0.6 is 11.3 Å². The number of hydrogen-bond acceptors (Lipinski definition) is 9. The largest absolute Gasteiger partial charge is 0.398 e. The minimum Gasteiger partial charge on any atom is -0.398 e. The molecule has 0 saturated carbocycles. The zero-order chi connectivity index (χ0) is 24.1. The lowest BCUT2D eigenvalue weighted by atomic mass is 9.89. The highest BCUT2D eigenvalue weighted by molar-refractivity contribution is 7.19. The second-order valence-corrected chi connectivity index (χ2v) is 9.97. The second-order valence-electron chi connectivity index (χ2n) is 8.89. The zero-order valence-corrected chi connectivity index (χ0v) is 20.5. The van der Waals surface area contributed by atoms with Crippen LogP contribution in [0.2, 0.25) is 0 Å². The number of nitrogens with one attached hydrogen (secondary N) is 2. The van der Waals surface area contributed by atoms with Crippen molar-refractivity contribution in [3.63, 3.8) is 0 Å². The molecule has 8 nitrogen and oxygen atoms in total. The van der Waals surface area contributed by atoms with Crippen molar-refractivity contribution in [3.05, 3.63) is 40.5 Å². The van der Waals surface area contributed by atoms with Gasteiger partial charge in [-0.05, 0) is 69.5 Å². The van der Waals surface area contributed by atoms with Crippen LogP contribution in [0.4, 0.5) is 17.2 Å². The molecule has 9 heteroatoms. The lowest BCUT2D eigenvalue weighted by Gasteiger charge is -2.17. The minimum atomic E-state index is 0.108. The number of aldehydes is 1. The molecule has 3 heterocycles. The third-order valence-electron chi connectivity index (χ3n) is 6.61. The van der Waals surface area contributed by atoms with E-state index in [4.69, 9.17) is 15.9 Å². The number of carbonyl (C=O) groups excluding carboxylic acids is 1. The van der Waals surface area contributed by atoms with E-state index < -0.39 is 0 Å². The molecule has 2 aromatic heterocycles. The van der Waals surface area contributed by atoms with E-state index in [2.05, 4.69) is 27.2 Å². The first-order valence-electron chi connectivity index (χ1n) is 11.6. The lowest BCUT2D eigenvalue weighted by Crippen LogP contribution is -2.28. The van der Waals surface area contributed by atoms with Crippen LogP contribution in [-0.2, 0) is 22.4 Å². The number of likely N-dealkylation sites (tertiary alicyclic amines) is 1. The second kappa shape index (κ2) is 11.0. The SMILES string of the molecule is COCC1CCCN1C.N=Cc1cc(Nc2ncnc3sc4c(c23)CCC(C=O)C4)ccc1N. The Balaban J connectivity index is 0.000000257. The van der Waals surface area contributed by atoms with Crippen molar-refractivity contribution in [3.8, 4) is 0 Å². The van der Waals surface area contributed by atoms with Crippen LogP contribution in [-0.4, -0.2) is 60.7 Å². The molecule has 3 aromatic rings. The Morgan fingerprint density at radius 3 is 2.91 bits per heavy atom. The topological polar surface area (TPSA) is 117 Å². The summed E-state index contributed by atoms with van der Waals surface area (Å²) in [5.41, 5.74) is 9.17. The van der Waals surface area contributed by atoms with Crippen molar-refractivity contribution in [2.75, 3.05) is 38.4 Å². The van der Waals surface area contributed by atoms with Gasteiger partial charge in [-0.1, -0.05) is 0 Å². The number of aryl methyl sites for hydroxylation is 1. The number of methoxy groups -OCH3 is 1. The van der Waals surface area contributed by atoms with Gasteiger partial charge in [0.05, 0.1) is 12.0 Å². The van der Waals surface area contributed by atoms with Gasteiger partial charge in [0.2, 0.25) is 0 Å². The number of hydrogen-bond donors (Lipinski definition) is 3. The first kappa shape index (κ1) is 24.3. The van der Waals surface area contributed by atoms with Gasteiger partial charge in [0, 0.05) is 47.1 Å². The number of likely N-dealkylation sites (N-methyl/N-ethyl adjacent to an activating group) is 1. The van der Waals surface area contributed by atoms with Crippen LogP contribution in [0.1, 0.15) is 35.3 Å². The summed E-state index contributed by atoms with van der Waals surface area (Å²) in [4.78, 5) is 24.5. The molecular weight excluding hydrogens is 448 g/mol. The maximum absolute atomic E-state index is 11.1. The number of thiophene rings is 1. The summed E-state index contributed by atoms with van der Waals surface area (Å²) in [5.74, 6) is 0.866. The molecule has 180 valence electrons. The Hall–Kier alpha value is -2.88. The van der Waals surface area contributed by atoms with Gasteiger partial charge in [-0.15, -0.1) is 11.3 Å². The summed E-state index contributed by atoms with van der Waals surface area (Å²) >= 11 is 1.65. The molecule has 1 aromatic carbocycles. The van der Waals surface area contributed by atoms with E-state index in [0.717, 1.165) is 53.9 Å². The van der Waals surface area contributed by atoms with E-state index in [1.807, 2.05) is 12.1 Å². The Labute approximate surface area is 204 Å². The summed E-state index contributed by atoms with van der Waals surface area (Å²) in [7, 11) is 3.93. The summed E-state index contributed by atoms with van der Waals surface area (Å²) in [5, 5.41) is 11.8. The summed E-state index contributed by atoms with van der Waals surface area (Å²) in [6, 6.07) is 6.17. The van der Waals surface area contributed by atoms with Crippen LogP contribution in [0, 0.1) is 11.3 Å². The Morgan fingerprint density at radius 2 is 2.21 bits per heavy atom. The normalized spacial score (nSPS) is 19.8. The number of carbonyl (C=O) groups is 1. The maximum Gasteiger partial charge on any atom is 0.142 e. The highest BCUT2D eigenvalue weighted by Gasteiger charge is 2.25. The van der Waals surface area contributed by atoms with Crippen molar-refractivity contribution in [1.29, 1.82) is 5.41 Å². The molecule has 0 radical (unpaired) electrons. The van der Waals surface area contributed by atoms with Gasteiger partial charge in [-0.25, -0.2) is 9.97 Å². The molecule has 5 rings (SSSR count). The molecule has 2 atom stereocenters. The Kier molecular flexibility index (Phi) is 7.87. The van der Waals surface area contributed by atoms with Crippen molar-refractivity contribution in [2.24, 2.45) is 5.92 Å². The average molecular weight is 481 g/mol. The molecule has 34 heavy (non-hydrogen) atoms. The predicted octanol–water partition coefficient (Wildman–Crippen LogP) is 4.05. The van der Waals surface area contributed by atoms with Crippen molar-refractivity contribution in [2.45, 2.75) is 38.1 Å². The van der Waals surface area contributed by atoms with E-state index in [-0.39, 0.29) is 5.92 Å². The van der Waals surface area contributed by atoms with E-state index in [0.29, 0.717) is 17.3 Å². The zero-order valence-electron chi connectivity index (χ0n) is 19.7. The van der Waals surface area contributed by atoms with Gasteiger partial charge in [-0.3, -0.25) is 0 Å². The fraction of sp³-hybridized carbons (Fsp3) is 0.440. The van der Waals surface area contributed by atoms with Crippen LogP contribution < -0.4 is 11.1 Å². The number of ether oxygens (including phenoxy) is 1. The quantitative estimate of drug-likeness (QED) is 0.277. The van der Waals surface area contributed by atoms with E-state index in [9.17, 15) is 4.79 Å². The van der Waals surface area contributed by atoms with Crippen molar-refractivity contribution < 1.29 is 9.53 Å². The predicted molar refractivity (Wildman–Crippen MR) is 139 cm³/mol. The Morgan fingerprint density at radius 1 is 1.35 bits per heavy atom. The number of nitrogens with two attached hydrogens (primary N) is 1. The summed E-state index contributed by atoms with van der Waals surface area (Å²) in [6.07, 6.45) is 9.03. The van der Waals surface area contributed by atoms with E-state index >= 15 is 0 Å². The van der Waals surface area contributed by atoms with Crippen LogP contribution in [0.3, 0.4) is 0 Å². The summed E-state index contributed by atoms with van der Waals surface area (Å²) < 4.78 is 5.05. The number of nitrogens with zero attached hydrogens (tertiary/aromatic N) is 3. The standard InChI is InChI=1S/C18H17N5OS.C7H15NO/c19-7-11-6-12(2-4-14(11)20)23-17-16-13-3-1-10(8-24)5-15(13)25-18(16)22-9-21-17;1-8-5-3-4-7(8)6-9-2/h2,4,6-10,19H,1,3,5,20H2,(H,21,22,23);7H,3-6H2,1-2H3. The lowest BCUT2D eigenvalue weighted by molar-refractivity contribution is -0.111. The van der Waals surface area contributed by atoms with Crippen molar-refractivity contribution in [1.82, 2.24) is 14.9 Å². The third kappa shape index (κ3) is 5.27. The van der Waals surface area contributed by atoms with Crippen LogP contribution in [0.5, 0.6) is 0 Å². The average Bonchev–Trinajstić information content (AvgIpc) is 3.43. The molecule has 1 aliphatic carbocycles. The Bertz CT molecular complexity index is 1160. The smallest absolute Gasteiger partial charge is 0.142 e. The first-order chi connectivity index (χ1) is 16.5.